The molecule has 4 aromatic rings. The minimum Gasteiger partial charge on any atom is -0.307 e. The fourth-order valence-corrected chi connectivity index (χ4v) is 5.74. The Morgan fingerprint density at radius 1 is 1.16 bits per heavy atom. The summed E-state index contributed by atoms with van der Waals surface area (Å²) in [6.07, 6.45) is 10.9. The number of nitrogens with zero attached hydrogens (tertiary/aromatic N) is 4. The van der Waals surface area contributed by atoms with Gasteiger partial charge in [0.25, 0.3) is 0 Å². The SMILES string of the molecule is Cc1ccc2nc(CSc3ncnc4sc5c(c34)CCCC5)cn2c1. The van der Waals surface area contributed by atoms with E-state index in [0.29, 0.717) is 0 Å². The molecule has 4 aromatic heterocycles. The van der Waals surface area contributed by atoms with E-state index in [1.165, 1.54) is 47.1 Å². The molecule has 5 rings (SSSR count). The van der Waals surface area contributed by atoms with Gasteiger partial charge in [-0.25, -0.2) is 15.0 Å². The highest BCUT2D eigenvalue weighted by Gasteiger charge is 2.20. The van der Waals surface area contributed by atoms with Gasteiger partial charge in [0.15, 0.2) is 0 Å². The lowest BCUT2D eigenvalue weighted by atomic mass is 9.97. The molecule has 0 atom stereocenters. The summed E-state index contributed by atoms with van der Waals surface area (Å²) >= 11 is 3.64. The molecule has 0 aliphatic heterocycles. The number of pyridine rings is 1. The van der Waals surface area contributed by atoms with Crippen LogP contribution in [0.4, 0.5) is 0 Å². The standard InChI is InChI=1S/C19H18N4S2/c1-12-6-7-16-22-13(9-23(16)8-12)10-24-18-17-14-4-2-3-5-15(14)25-19(17)21-11-20-18/h6-9,11H,2-5,10H2,1H3. The lowest BCUT2D eigenvalue weighted by Gasteiger charge is -2.11. The van der Waals surface area contributed by atoms with Gasteiger partial charge in [-0.15, -0.1) is 11.3 Å². The number of rotatable bonds is 3. The minimum atomic E-state index is 0.831. The highest BCUT2D eigenvalue weighted by molar-refractivity contribution is 7.98. The Balaban J connectivity index is 1.48. The summed E-state index contributed by atoms with van der Waals surface area (Å²) in [7, 11) is 0. The number of hydrogen-bond acceptors (Lipinski definition) is 5. The maximum Gasteiger partial charge on any atom is 0.137 e. The van der Waals surface area contributed by atoms with Crippen molar-refractivity contribution in [1.82, 2.24) is 19.4 Å². The van der Waals surface area contributed by atoms with Crippen LogP contribution in [0.1, 0.15) is 34.5 Å². The molecule has 4 heterocycles. The van der Waals surface area contributed by atoms with Crippen molar-refractivity contribution in [2.24, 2.45) is 0 Å². The van der Waals surface area contributed by atoms with E-state index in [1.807, 2.05) is 11.3 Å². The van der Waals surface area contributed by atoms with E-state index in [0.717, 1.165) is 27.0 Å². The average Bonchev–Trinajstić information content (AvgIpc) is 3.20. The second-order valence-electron chi connectivity index (χ2n) is 6.56. The van der Waals surface area contributed by atoms with Gasteiger partial charge in [0, 0.05) is 28.4 Å². The predicted octanol–water partition coefficient (Wildman–Crippen LogP) is 4.82. The van der Waals surface area contributed by atoms with E-state index in [-0.39, 0.29) is 0 Å². The number of aryl methyl sites for hydroxylation is 3. The van der Waals surface area contributed by atoms with Crippen LogP contribution >= 0.6 is 23.1 Å². The van der Waals surface area contributed by atoms with E-state index in [2.05, 4.69) is 45.8 Å². The van der Waals surface area contributed by atoms with Crippen molar-refractivity contribution < 1.29 is 0 Å². The van der Waals surface area contributed by atoms with Gasteiger partial charge in [0.1, 0.15) is 21.8 Å². The molecule has 25 heavy (non-hydrogen) atoms. The van der Waals surface area contributed by atoms with Gasteiger partial charge in [0.05, 0.1) is 5.69 Å². The van der Waals surface area contributed by atoms with Gasteiger partial charge in [-0.1, -0.05) is 17.8 Å². The molecule has 0 bridgehead atoms. The molecule has 1 aliphatic rings. The molecule has 0 amide bonds. The van der Waals surface area contributed by atoms with E-state index in [4.69, 9.17) is 4.98 Å². The number of imidazole rings is 1. The Bertz CT molecular complexity index is 1080. The Labute approximate surface area is 154 Å². The molecule has 4 nitrogen and oxygen atoms in total. The molecule has 0 spiro atoms. The van der Waals surface area contributed by atoms with E-state index in [1.54, 1.807) is 18.1 Å². The summed E-state index contributed by atoms with van der Waals surface area (Å²) in [5, 5.41) is 2.41. The summed E-state index contributed by atoms with van der Waals surface area (Å²) in [5.74, 6) is 0.831. The smallest absolute Gasteiger partial charge is 0.137 e. The molecule has 0 aromatic carbocycles. The molecular formula is C19H18N4S2. The normalized spacial score (nSPS) is 14.3. The fourth-order valence-electron chi connectivity index (χ4n) is 3.54. The first-order valence-electron chi connectivity index (χ1n) is 8.60. The van der Waals surface area contributed by atoms with Crippen LogP contribution in [0.25, 0.3) is 15.9 Å². The number of thiophene rings is 1. The van der Waals surface area contributed by atoms with Crippen LogP contribution in [0.5, 0.6) is 0 Å². The van der Waals surface area contributed by atoms with Gasteiger partial charge in [-0.2, -0.15) is 0 Å². The largest absolute Gasteiger partial charge is 0.307 e. The van der Waals surface area contributed by atoms with Crippen molar-refractivity contribution in [2.45, 2.75) is 43.4 Å². The van der Waals surface area contributed by atoms with Gasteiger partial charge in [-0.05, 0) is 49.8 Å². The zero-order valence-corrected chi connectivity index (χ0v) is 15.7. The van der Waals surface area contributed by atoms with Crippen molar-refractivity contribution in [2.75, 3.05) is 0 Å². The molecular weight excluding hydrogens is 348 g/mol. The highest BCUT2D eigenvalue weighted by Crippen LogP contribution is 2.39. The zero-order chi connectivity index (χ0) is 16.8. The molecule has 0 unspecified atom stereocenters. The quantitative estimate of drug-likeness (QED) is 0.385. The minimum absolute atomic E-state index is 0.831. The third-order valence-electron chi connectivity index (χ3n) is 4.72. The van der Waals surface area contributed by atoms with Crippen molar-refractivity contribution >= 4 is 39.0 Å². The van der Waals surface area contributed by atoms with Crippen molar-refractivity contribution in [3.05, 3.63) is 52.6 Å². The van der Waals surface area contributed by atoms with Gasteiger partial charge >= 0.3 is 0 Å². The summed E-state index contributed by atoms with van der Waals surface area (Å²) in [6, 6.07) is 4.17. The Kier molecular flexibility index (Phi) is 3.75. The molecule has 126 valence electrons. The molecule has 0 N–H and O–H groups in total. The molecule has 0 fully saturated rings. The van der Waals surface area contributed by atoms with E-state index >= 15 is 0 Å². The first kappa shape index (κ1) is 15.3. The van der Waals surface area contributed by atoms with Crippen LogP contribution in [-0.2, 0) is 18.6 Å². The first-order valence-corrected chi connectivity index (χ1v) is 10.4. The third kappa shape index (κ3) is 2.73. The molecule has 1 aliphatic carbocycles. The topological polar surface area (TPSA) is 43.1 Å². The highest BCUT2D eigenvalue weighted by atomic mass is 32.2. The summed E-state index contributed by atoms with van der Waals surface area (Å²) in [4.78, 5) is 16.5. The van der Waals surface area contributed by atoms with Crippen LogP contribution in [0, 0.1) is 6.92 Å². The summed E-state index contributed by atoms with van der Waals surface area (Å²) in [5.41, 5.74) is 4.83. The number of hydrogen-bond donors (Lipinski definition) is 0. The van der Waals surface area contributed by atoms with Crippen LogP contribution in [0.15, 0.2) is 35.9 Å². The second-order valence-corrected chi connectivity index (χ2v) is 8.61. The number of fused-ring (bicyclic) bond motifs is 4. The average molecular weight is 367 g/mol. The Morgan fingerprint density at radius 2 is 2.08 bits per heavy atom. The number of aromatic nitrogens is 4. The van der Waals surface area contributed by atoms with Crippen LogP contribution in [0.3, 0.4) is 0 Å². The monoisotopic (exact) mass is 366 g/mol. The Hall–Kier alpha value is -1.92. The van der Waals surface area contributed by atoms with Gasteiger partial charge in [0.2, 0.25) is 0 Å². The lowest BCUT2D eigenvalue weighted by Crippen LogP contribution is -1.99. The van der Waals surface area contributed by atoms with Gasteiger partial charge < -0.3 is 4.40 Å². The van der Waals surface area contributed by atoms with Gasteiger partial charge in [-0.3, -0.25) is 0 Å². The summed E-state index contributed by atoms with van der Waals surface area (Å²) < 4.78 is 2.10. The van der Waals surface area contributed by atoms with Crippen molar-refractivity contribution in [3.8, 4) is 0 Å². The van der Waals surface area contributed by atoms with E-state index < -0.39 is 0 Å². The maximum absolute atomic E-state index is 4.73. The zero-order valence-electron chi connectivity index (χ0n) is 14.0. The molecule has 0 saturated carbocycles. The molecule has 0 radical (unpaired) electrons. The predicted molar refractivity (Wildman–Crippen MR) is 104 cm³/mol. The lowest BCUT2D eigenvalue weighted by molar-refractivity contribution is 0.699. The van der Waals surface area contributed by atoms with Crippen LogP contribution < -0.4 is 0 Å². The summed E-state index contributed by atoms with van der Waals surface area (Å²) in [6.45, 7) is 2.10. The fraction of sp³-hybridized carbons (Fsp3) is 0.316. The number of thioether (sulfide) groups is 1. The van der Waals surface area contributed by atoms with Crippen LogP contribution in [0.2, 0.25) is 0 Å². The molecule has 6 heteroatoms. The third-order valence-corrected chi connectivity index (χ3v) is 6.95. The molecule has 0 saturated heterocycles. The van der Waals surface area contributed by atoms with Crippen molar-refractivity contribution in [3.63, 3.8) is 0 Å². The van der Waals surface area contributed by atoms with E-state index in [9.17, 15) is 0 Å². The first-order chi connectivity index (χ1) is 12.3. The second kappa shape index (κ2) is 6.11. The van der Waals surface area contributed by atoms with Crippen LogP contribution in [-0.4, -0.2) is 19.4 Å². The van der Waals surface area contributed by atoms with Crippen molar-refractivity contribution in [1.29, 1.82) is 0 Å². The Morgan fingerprint density at radius 3 is 3.04 bits per heavy atom. The maximum atomic E-state index is 4.73.